The summed E-state index contributed by atoms with van der Waals surface area (Å²) in [6.45, 7) is 3.25. The lowest BCUT2D eigenvalue weighted by molar-refractivity contribution is -0.148. The average Bonchev–Trinajstić information content (AvgIpc) is 1.88. The molecule has 0 aliphatic carbocycles. The van der Waals surface area contributed by atoms with Gasteiger partial charge in [-0.15, -0.1) is 0 Å². The van der Waals surface area contributed by atoms with Crippen LogP contribution in [0.15, 0.2) is 0 Å². The lowest BCUT2D eigenvalue weighted by Gasteiger charge is -2.09. The van der Waals surface area contributed by atoms with Crippen LogP contribution in [0.2, 0.25) is 0 Å². The van der Waals surface area contributed by atoms with Crippen LogP contribution in [0.4, 0.5) is 0 Å². The minimum atomic E-state index is -1.06. The molecule has 1 N–H and O–H groups in total. The number of ether oxygens (including phenoxy) is 1. The maximum atomic E-state index is 10.8. The molecule has 2 unspecified atom stereocenters. The van der Waals surface area contributed by atoms with Crippen LogP contribution in [0.3, 0.4) is 0 Å². The first-order valence-electron chi connectivity index (χ1n) is 3.37. The normalized spacial score (nSPS) is 14.7. The molecule has 0 aliphatic heterocycles. The van der Waals surface area contributed by atoms with E-state index in [1.54, 1.807) is 13.0 Å². The zero-order valence-electron chi connectivity index (χ0n) is 6.57. The van der Waals surface area contributed by atoms with Gasteiger partial charge in [-0.3, -0.25) is 4.79 Å². The fourth-order valence-corrected chi connectivity index (χ4v) is 0.590. The highest BCUT2D eigenvalue weighted by atomic mass is 16.5. The number of hydrogen-bond acceptors (Lipinski definition) is 4. The second-order valence-corrected chi connectivity index (χ2v) is 2.10. The molecule has 0 heterocycles. The highest BCUT2D eigenvalue weighted by molar-refractivity contribution is 5.75. The van der Waals surface area contributed by atoms with Crippen LogP contribution in [-0.2, 0) is 9.53 Å². The first-order chi connectivity index (χ1) is 5.13. The van der Waals surface area contributed by atoms with E-state index in [-0.39, 0.29) is 6.61 Å². The third kappa shape index (κ3) is 3.01. The number of aliphatic hydroxyl groups is 1. The Kier molecular flexibility index (Phi) is 4.23. The number of carbonyl (C=O) groups is 1. The Morgan fingerprint density at radius 1 is 1.82 bits per heavy atom. The van der Waals surface area contributed by atoms with Gasteiger partial charge in [0.05, 0.1) is 18.8 Å². The fourth-order valence-electron chi connectivity index (χ4n) is 0.590. The van der Waals surface area contributed by atoms with Gasteiger partial charge < -0.3 is 9.84 Å². The smallest absolute Gasteiger partial charge is 0.326 e. The topological polar surface area (TPSA) is 70.3 Å². The van der Waals surface area contributed by atoms with Gasteiger partial charge in [0.2, 0.25) is 0 Å². The van der Waals surface area contributed by atoms with Crippen LogP contribution in [0.25, 0.3) is 0 Å². The summed E-state index contributed by atoms with van der Waals surface area (Å²) in [5.74, 6) is -1.72. The third-order valence-corrected chi connectivity index (χ3v) is 1.16. The SMILES string of the molecule is CCOC(=O)C(C#N)C(C)O. The molecule has 0 rings (SSSR count). The van der Waals surface area contributed by atoms with E-state index in [1.807, 2.05) is 0 Å². The molecule has 11 heavy (non-hydrogen) atoms. The molecule has 0 radical (unpaired) electrons. The van der Waals surface area contributed by atoms with Crippen molar-refractivity contribution in [2.75, 3.05) is 6.61 Å². The molecule has 0 aromatic rings. The summed E-state index contributed by atoms with van der Waals surface area (Å²) in [7, 11) is 0. The Labute approximate surface area is 65.4 Å². The van der Waals surface area contributed by atoms with Crippen LogP contribution in [-0.4, -0.2) is 23.8 Å². The predicted octanol–water partition coefficient (Wildman–Crippen LogP) is 0.0701. The Bertz CT molecular complexity index is 171. The van der Waals surface area contributed by atoms with Gasteiger partial charge in [0.15, 0.2) is 5.92 Å². The number of nitriles is 1. The number of aliphatic hydroxyl groups excluding tert-OH is 1. The molecule has 0 amide bonds. The van der Waals surface area contributed by atoms with Gasteiger partial charge in [0, 0.05) is 0 Å². The standard InChI is InChI=1S/C7H11NO3/c1-3-11-7(10)6(4-8)5(2)9/h5-6,9H,3H2,1-2H3. The number of carbonyl (C=O) groups excluding carboxylic acids is 1. The zero-order chi connectivity index (χ0) is 8.85. The molecular formula is C7H11NO3. The summed E-state index contributed by atoms with van der Waals surface area (Å²) in [4.78, 5) is 10.8. The largest absolute Gasteiger partial charge is 0.465 e. The van der Waals surface area contributed by atoms with Gasteiger partial charge in [0.1, 0.15) is 0 Å². The molecule has 0 saturated heterocycles. The molecule has 0 aromatic heterocycles. The molecule has 4 heteroatoms. The Balaban J connectivity index is 4.06. The molecule has 2 atom stereocenters. The van der Waals surface area contributed by atoms with Gasteiger partial charge in [-0.05, 0) is 13.8 Å². The molecule has 62 valence electrons. The zero-order valence-corrected chi connectivity index (χ0v) is 6.57. The van der Waals surface area contributed by atoms with Crippen LogP contribution < -0.4 is 0 Å². The van der Waals surface area contributed by atoms with Crippen molar-refractivity contribution >= 4 is 5.97 Å². The second-order valence-electron chi connectivity index (χ2n) is 2.10. The Morgan fingerprint density at radius 3 is 2.64 bits per heavy atom. The number of hydrogen-bond donors (Lipinski definition) is 1. The summed E-state index contributed by atoms with van der Waals surface area (Å²) < 4.78 is 4.53. The lowest BCUT2D eigenvalue weighted by Crippen LogP contribution is -2.26. The van der Waals surface area contributed by atoms with Crippen LogP contribution in [0, 0.1) is 17.2 Å². The predicted molar refractivity (Wildman–Crippen MR) is 37.4 cm³/mol. The Morgan fingerprint density at radius 2 is 2.36 bits per heavy atom. The maximum Gasteiger partial charge on any atom is 0.326 e. The van der Waals surface area contributed by atoms with Crippen molar-refractivity contribution in [2.45, 2.75) is 20.0 Å². The first kappa shape index (κ1) is 9.92. The van der Waals surface area contributed by atoms with E-state index in [0.717, 1.165) is 0 Å². The van der Waals surface area contributed by atoms with Gasteiger partial charge in [0.25, 0.3) is 0 Å². The first-order valence-corrected chi connectivity index (χ1v) is 3.37. The number of rotatable bonds is 3. The third-order valence-electron chi connectivity index (χ3n) is 1.16. The van der Waals surface area contributed by atoms with E-state index < -0.39 is 18.0 Å². The summed E-state index contributed by atoms with van der Waals surface area (Å²) in [6.07, 6.45) is -0.973. The van der Waals surface area contributed by atoms with Crippen LogP contribution >= 0.6 is 0 Å². The summed E-state index contributed by atoms with van der Waals surface area (Å²) >= 11 is 0. The maximum absolute atomic E-state index is 10.8. The van der Waals surface area contributed by atoms with E-state index >= 15 is 0 Å². The number of nitrogens with zero attached hydrogens (tertiary/aromatic N) is 1. The minimum Gasteiger partial charge on any atom is -0.465 e. The van der Waals surface area contributed by atoms with Crippen molar-refractivity contribution in [3.05, 3.63) is 0 Å². The number of esters is 1. The summed E-state index contributed by atoms with van der Waals surface area (Å²) in [5, 5.41) is 17.3. The molecule has 0 bridgehead atoms. The second kappa shape index (κ2) is 4.69. The van der Waals surface area contributed by atoms with E-state index in [1.165, 1.54) is 6.92 Å². The monoisotopic (exact) mass is 157 g/mol. The van der Waals surface area contributed by atoms with Gasteiger partial charge in [-0.2, -0.15) is 5.26 Å². The molecule has 0 aliphatic rings. The van der Waals surface area contributed by atoms with E-state index in [4.69, 9.17) is 10.4 Å². The molecule has 0 aromatic carbocycles. The van der Waals surface area contributed by atoms with Gasteiger partial charge in [-0.25, -0.2) is 0 Å². The lowest BCUT2D eigenvalue weighted by atomic mass is 10.1. The molecule has 4 nitrogen and oxygen atoms in total. The van der Waals surface area contributed by atoms with Crippen molar-refractivity contribution < 1.29 is 14.6 Å². The molecule has 0 fully saturated rings. The van der Waals surface area contributed by atoms with E-state index in [9.17, 15) is 4.79 Å². The van der Waals surface area contributed by atoms with Gasteiger partial charge >= 0.3 is 5.97 Å². The average molecular weight is 157 g/mol. The van der Waals surface area contributed by atoms with E-state index in [2.05, 4.69) is 4.74 Å². The highest BCUT2D eigenvalue weighted by Gasteiger charge is 2.24. The Hall–Kier alpha value is -1.08. The van der Waals surface area contributed by atoms with Crippen molar-refractivity contribution in [2.24, 2.45) is 5.92 Å². The fraction of sp³-hybridized carbons (Fsp3) is 0.714. The van der Waals surface area contributed by atoms with Crippen LogP contribution in [0.1, 0.15) is 13.8 Å². The van der Waals surface area contributed by atoms with Gasteiger partial charge in [-0.1, -0.05) is 0 Å². The van der Waals surface area contributed by atoms with Crippen LogP contribution in [0.5, 0.6) is 0 Å². The van der Waals surface area contributed by atoms with E-state index in [0.29, 0.717) is 0 Å². The van der Waals surface area contributed by atoms with Crippen molar-refractivity contribution in [1.82, 2.24) is 0 Å². The van der Waals surface area contributed by atoms with Crippen molar-refractivity contribution in [1.29, 1.82) is 5.26 Å². The van der Waals surface area contributed by atoms with Crippen molar-refractivity contribution in [3.8, 4) is 6.07 Å². The highest BCUT2D eigenvalue weighted by Crippen LogP contribution is 2.03. The van der Waals surface area contributed by atoms with Crippen molar-refractivity contribution in [3.63, 3.8) is 0 Å². The minimum absolute atomic E-state index is 0.226. The molecular weight excluding hydrogens is 146 g/mol. The molecule has 0 saturated carbocycles. The summed E-state index contributed by atoms with van der Waals surface area (Å²) in [5.41, 5.74) is 0. The summed E-state index contributed by atoms with van der Waals surface area (Å²) in [6, 6.07) is 1.66. The quantitative estimate of drug-likeness (QED) is 0.588. The molecule has 0 spiro atoms.